The van der Waals surface area contributed by atoms with Gasteiger partial charge in [-0.1, -0.05) is 0 Å². The van der Waals surface area contributed by atoms with E-state index in [0.717, 1.165) is 0 Å². The summed E-state index contributed by atoms with van der Waals surface area (Å²) >= 11 is 1.30. The van der Waals surface area contributed by atoms with E-state index < -0.39 is 38.1 Å². The van der Waals surface area contributed by atoms with Gasteiger partial charge in [-0.2, -0.15) is 0 Å². The highest BCUT2D eigenvalue weighted by Gasteiger charge is 2.37. The topological polar surface area (TPSA) is 91.6 Å². The number of rotatable bonds is 4. The van der Waals surface area contributed by atoms with Crippen molar-refractivity contribution in [3.63, 3.8) is 0 Å². The summed E-state index contributed by atoms with van der Waals surface area (Å²) in [6, 6.07) is 0.571. The fourth-order valence-corrected chi connectivity index (χ4v) is 1.80. The fourth-order valence-electron chi connectivity index (χ4n) is 1.16. The van der Waals surface area contributed by atoms with Gasteiger partial charge in [-0.15, -0.1) is 13.2 Å². The van der Waals surface area contributed by atoms with Crippen LogP contribution in [0.3, 0.4) is 0 Å². The molecule has 1 heterocycles. The Kier molecular flexibility index (Phi) is 5.08. The Hall–Kier alpha value is -1.66. The standard InChI is InChI=1S/C9H6F3IN2O5/c1-2-19-8(16)4-3-5(15(17)18)14-7(13)6(4)20-9(10,11)12/h3H,2H2,1H3. The molecule has 1 aromatic heterocycles. The first-order chi connectivity index (χ1) is 9.15. The van der Waals surface area contributed by atoms with Gasteiger partial charge in [-0.3, -0.25) is 0 Å². The van der Waals surface area contributed by atoms with E-state index in [0.29, 0.717) is 6.07 Å². The van der Waals surface area contributed by atoms with Crippen LogP contribution in [0.1, 0.15) is 17.3 Å². The van der Waals surface area contributed by atoms with Gasteiger partial charge in [0, 0.05) is 22.6 Å². The molecule has 0 aliphatic rings. The SMILES string of the molecule is CCOC(=O)c1cc([N+](=O)[O-])nc(I)c1OC(F)(F)F. The Morgan fingerprint density at radius 2 is 2.15 bits per heavy atom. The van der Waals surface area contributed by atoms with Gasteiger partial charge in [0.2, 0.25) is 5.75 Å². The number of nitrogens with zero attached hydrogens (tertiary/aromatic N) is 2. The van der Waals surface area contributed by atoms with E-state index in [1.807, 2.05) is 0 Å². The van der Waals surface area contributed by atoms with Crippen molar-refractivity contribution in [1.82, 2.24) is 4.98 Å². The number of hydrogen-bond acceptors (Lipinski definition) is 6. The van der Waals surface area contributed by atoms with E-state index in [-0.39, 0.29) is 6.61 Å². The van der Waals surface area contributed by atoms with Gasteiger partial charge in [-0.05, 0) is 16.8 Å². The predicted octanol–water partition coefficient (Wildman–Crippen LogP) is 2.67. The van der Waals surface area contributed by atoms with Crippen LogP contribution in [0.4, 0.5) is 19.0 Å². The number of nitro groups is 1. The van der Waals surface area contributed by atoms with Crippen LogP contribution in [0, 0.1) is 13.8 Å². The number of esters is 1. The molecule has 0 bridgehead atoms. The van der Waals surface area contributed by atoms with Crippen LogP contribution in [-0.4, -0.2) is 28.8 Å². The molecule has 20 heavy (non-hydrogen) atoms. The van der Waals surface area contributed by atoms with E-state index in [1.165, 1.54) is 29.5 Å². The maximum absolute atomic E-state index is 12.3. The third kappa shape index (κ3) is 4.18. The van der Waals surface area contributed by atoms with Crippen LogP contribution in [-0.2, 0) is 4.74 Å². The summed E-state index contributed by atoms with van der Waals surface area (Å²) in [5.41, 5.74) is -0.713. The fraction of sp³-hybridized carbons (Fsp3) is 0.333. The summed E-state index contributed by atoms with van der Waals surface area (Å²) < 4.78 is 44.5. The van der Waals surface area contributed by atoms with Crippen LogP contribution in [0.5, 0.6) is 5.75 Å². The Balaban J connectivity index is 3.40. The van der Waals surface area contributed by atoms with Crippen molar-refractivity contribution in [2.75, 3.05) is 6.61 Å². The number of ether oxygens (including phenoxy) is 2. The molecule has 0 unspecified atom stereocenters. The van der Waals surface area contributed by atoms with Crippen LogP contribution in [0.2, 0.25) is 0 Å². The maximum atomic E-state index is 12.3. The highest BCUT2D eigenvalue weighted by atomic mass is 127. The molecule has 1 aromatic rings. The smallest absolute Gasteiger partial charge is 0.462 e. The molecule has 0 fully saturated rings. The van der Waals surface area contributed by atoms with Crippen LogP contribution >= 0.6 is 22.6 Å². The number of alkyl halides is 3. The average molecular weight is 406 g/mol. The lowest BCUT2D eigenvalue weighted by molar-refractivity contribution is -0.389. The number of halogens is 4. The predicted molar refractivity (Wildman–Crippen MR) is 66.2 cm³/mol. The van der Waals surface area contributed by atoms with Crippen molar-refractivity contribution < 1.29 is 32.4 Å². The minimum absolute atomic E-state index is 0.114. The third-order valence-corrected chi connectivity index (χ3v) is 2.55. The van der Waals surface area contributed by atoms with E-state index >= 15 is 0 Å². The molecule has 0 spiro atoms. The lowest BCUT2D eigenvalue weighted by Crippen LogP contribution is -2.21. The average Bonchev–Trinajstić information content (AvgIpc) is 2.29. The summed E-state index contributed by atoms with van der Waals surface area (Å²) in [5.74, 6) is -2.88. The molecule has 0 aromatic carbocycles. The van der Waals surface area contributed by atoms with Crippen LogP contribution in [0.15, 0.2) is 6.07 Å². The first-order valence-corrected chi connectivity index (χ1v) is 6.01. The molecule has 0 radical (unpaired) electrons. The first-order valence-electron chi connectivity index (χ1n) is 4.93. The van der Waals surface area contributed by atoms with Crippen LogP contribution < -0.4 is 4.74 Å². The van der Waals surface area contributed by atoms with Gasteiger partial charge in [-0.25, -0.2) is 4.79 Å². The number of carbonyl (C=O) groups is 1. The lowest BCUT2D eigenvalue weighted by atomic mass is 10.2. The monoisotopic (exact) mass is 406 g/mol. The lowest BCUT2D eigenvalue weighted by Gasteiger charge is -2.12. The molecule has 0 atom stereocenters. The van der Waals surface area contributed by atoms with Crippen molar-refractivity contribution >= 4 is 34.4 Å². The highest BCUT2D eigenvalue weighted by molar-refractivity contribution is 14.1. The zero-order valence-electron chi connectivity index (χ0n) is 9.73. The Bertz CT molecular complexity index is 549. The highest BCUT2D eigenvalue weighted by Crippen LogP contribution is 2.32. The Morgan fingerprint density at radius 1 is 1.55 bits per heavy atom. The number of pyridine rings is 1. The molecular weight excluding hydrogens is 400 g/mol. The summed E-state index contributed by atoms with van der Waals surface area (Å²) in [7, 11) is 0. The van der Waals surface area contributed by atoms with E-state index in [2.05, 4.69) is 14.5 Å². The molecule has 0 amide bonds. The normalized spacial score (nSPS) is 11.1. The zero-order valence-corrected chi connectivity index (χ0v) is 11.9. The maximum Gasteiger partial charge on any atom is 0.573 e. The van der Waals surface area contributed by atoms with Gasteiger partial charge in [0.05, 0.1) is 12.7 Å². The third-order valence-electron chi connectivity index (χ3n) is 1.82. The molecule has 1 rings (SSSR count). The second kappa shape index (κ2) is 6.19. The summed E-state index contributed by atoms with van der Waals surface area (Å²) in [6.45, 7) is 1.32. The van der Waals surface area contributed by atoms with Gasteiger partial charge in [0.15, 0.2) is 0 Å². The van der Waals surface area contributed by atoms with Crippen molar-refractivity contribution in [2.24, 2.45) is 0 Å². The van der Waals surface area contributed by atoms with Gasteiger partial charge in [0.1, 0.15) is 5.56 Å². The quantitative estimate of drug-likeness (QED) is 0.251. The number of carbonyl (C=O) groups excluding carboxylic acids is 1. The number of hydrogen-bond donors (Lipinski definition) is 0. The molecular formula is C9H6F3IN2O5. The summed E-state index contributed by atoms with van der Waals surface area (Å²) in [6.07, 6.45) is -5.07. The summed E-state index contributed by atoms with van der Waals surface area (Å²) in [4.78, 5) is 24.5. The molecule has 11 heteroatoms. The number of aromatic nitrogens is 1. The molecule has 0 saturated heterocycles. The van der Waals surface area contributed by atoms with Gasteiger partial charge < -0.3 is 19.6 Å². The van der Waals surface area contributed by atoms with Crippen molar-refractivity contribution in [3.8, 4) is 5.75 Å². The molecule has 0 aliphatic heterocycles. The second-order valence-electron chi connectivity index (χ2n) is 3.17. The molecule has 0 saturated carbocycles. The van der Waals surface area contributed by atoms with E-state index in [9.17, 15) is 28.1 Å². The van der Waals surface area contributed by atoms with Crippen LogP contribution in [0.25, 0.3) is 0 Å². The van der Waals surface area contributed by atoms with Crippen molar-refractivity contribution in [1.29, 1.82) is 0 Å². The largest absolute Gasteiger partial charge is 0.573 e. The molecule has 0 N–H and O–H groups in total. The minimum Gasteiger partial charge on any atom is -0.462 e. The zero-order chi connectivity index (χ0) is 15.5. The van der Waals surface area contributed by atoms with E-state index in [4.69, 9.17) is 0 Å². The van der Waals surface area contributed by atoms with Crippen molar-refractivity contribution in [3.05, 3.63) is 25.4 Å². The summed E-state index contributed by atoms with van der Waals surface area (Å²) in [5, 5.41) is 10.6. The Labute approximate surface area is 123 Å². The van der Waals surface area contributed by atoms with Gasteiger partial charge >= 0.3 is 18.1 Å². The van der Waals surface area contributed by atoms with E-state index in [1.54, 1.807) is 0 Å². The van der Waals surface area contributed by atoms with Crippen molar-refractivity contribution in [2.45, 2.75) is 13.3 Å². The molecule has 0 aliphatic carbocycles. The van der Waals surface area contributed by atoms with Gasteiger partial charge in [0.25, 0.3) is 3.70 Å². The molecule has 7 nitrogen and oxygen atoms in total. The minimum atomic E-state index is -5.07. The Morgan fingerprint density at radius 3 is 2.60 bits per heavy atom. The first kappa shape index (κ1) is 16.4. The molecule has 110 valence electrons. The second-order valence-corrected chi connectivity index (χ2v) is 4.20.